The fraction of sp³-hybridized carbons (Fsp3) is 0.375. The Bertz CT molecular complexity index is 747. The monoisotopic (exact) mass is 536 g/mol. The Balaban J connectivity index is 0.00000364. The van der Waals surface area contributed by atoms with Gasteiger partial charge in [0, 0.05) is 42.5 Å². The molecule has 11 heteroatoms. The number of nitrogens with one attached hydrogen (secondary N) is 2. The zero-order chi connectivity index (χ0) is 19.2. The van der Waals surface area contributed by atoms with Gasteiger partial charge in [-0.05, 0) is 18.6 Å². The number of aromatic nitrogens is 1. The third-order valence-corrected chi connectivity index (χ3v) is 4.69. The minimum Gasteiger partial charge on any atom is -0.356 e. The quantitative estimate of drug-likeness (QED) is 0.247. The molecule has 27 heavy (non-hydrogen) atoms. The molecule has 0 aliphatic carbocycles. The maximum absolute atomic E-state index is 13.7. The zero-order valence-electron chi connectivity index (χ0n) is 14.2. The number of nitrogens with zero attached hydrogens (tertiary/aromatic N) is 2. The highest BCUT2D eigenvalue weighted by Crippen LogP contribution is 2.30. The van der Waals surface area contributed by atoms with Crippen molar-refractivity contribution in [3.05, 3.63) is 50.7 Å². The standard InChI is InChI=1S/C16H17ClF4N4S.HI/c1-22-15(23-7-5-10-11(17)3-2-4-12(10)18)24-8-6-14-25-13(9-26-14)16(19,20)21;/h2-4,9H,5-8H2,1H3,(H2,22,23,24);1H. The van der Waals surface area contributed by atoms with E-state index in [1.165, 1.54) is 12.1 Å². The largest absolute Gasteiger partial charge is 0.434 e. The molecule has 1 heterocycles. The summed E-state index contributed by atoms with van der Waals surface area (Å²) in [5.74, 6) is 0.0940. The van der Waals surface area contributed by atoms with Gasteiger partial charge in [-0.1, -0.05) is 17.7 Å². The summed E-state index contributed by atoms with van der Waals surface area (Å²) in [4.78, 5) is 7.57. The van der Waals surface area contributed by atoms with E-state index < -0.39 is 11.9 Å². The number of benzene rings is 1. The Labute approximate surface area is 180 Å². The molecule has 2 aromatic rings. The van der Waals surface area contributed by atoms with Crippen LogP contribution in [0.5, 0.6) is 0 Å². The van der Waals surface area contributed by atoms with Crippen LogP contribution in [-0.2, 0) is 19.0 Å². The van der Waals surface area contributed by atoms with Crippen molar-refractivity contribution in [1.29, 1.82) is 0 Å². The molecular weight excluding hydrogens is 519 g/mol. The lowest BCUT2D eigenvalue weighted by Gasteiger charge is -2.12. The molecule has 0 amide bonds. The summed E-state index contributed by atoms with van der Waals surface area (Å²) in [6.45, 7) is 0.765. The third kappa shape index (κ3) is 7.41. The topological polar surface area (TPSA) is 49.3 Å². The van der Waals surface area contributed by atoms with Gasteiger partial charge in [-0.15, -0.1) is 35.3 Å². The van der Waals surface area contributed by atoms with Crippen LogP contribution in [0.2, 0.25) is 5.02 Å². The van der Waals surface area contributed by atoms with Gasteiger partial charge in [0.25, 0.3) is 0 Å². The molecule has 0 atom stereocenters. The highest BCUT2D eigenvalue weighted by atomic mass is 127. The Morgan fingerprint density at radius 3 is 2.44 bits per heavy atom. The molecule has 2 N–H and O–H groups in total. The lowest BCUT2D eigenvalue weighted by Crippen LogP contribution is -2.39. The molecule has 4 nitrogen and oxygen atoms in total. The van der Waals surface area contributed by atoms with Crippen molar-refractivity contribution in [2.24, 2.45) is 4.99 Å². The van der Waals surface area contributed by atoms with E-state index in [0.29, 0.717) is 47.5 Å². The SMILES string of the molecule is CN=C(NCCc1nc(C(F)(F)F)cs1)NCCc1c(F)cccc1Cl.I. The van der Waals surface area contributed by atoms with Gasteiger partial charge in [-0.2, -0.15) is 13.2 Å². The molecule has 0 aliphatic rings. The maximum atomic E-state index is 13.7. The summed E-state index contributed by atoms with van der Waals surface area (Å²) in [5.41, 5.74) is -0.457. The van der Waals surface area contributed by atoms with Crippen molar-refractivity contribution in [2.75, 3.05) is 20.1 Å². The normalized spacial score (nSPS) is 11.9. The van der Waals surface area contributed by atoms with Crippen LogP contribution in [0.4, 0.5) is 17.6 Å². The van der Waals surface area contributed by atoms with Gasteiger partial charge in [-0.3, -0.25) is 4.99 Å². The van der Waals surface area contributed by atoms with Crippen molar-refractivity contribution in [3.63, 3.8) is 0 Å². The van der Waals surface area contributed by atoms with Crippen LogP contribution in [-0.4, -0.2) is 31.1 Å². The first kappa shape index (κ1) is 23.9. The van der Waals surface area contributed by atoms with Crippen LogP contribution in [0.15, 0.2) is 28.6 Å². The van der Waals surface area contributed by atoms with Crippen molar-refractivity contribution in [2.45, 2.75) is 19.0 Å². The number of halogens is 6. The van der Waals surface area contributed by atoms with E-state index in [0.717, 1.165) is 16.7 Å². The van der Waals surface area contributed by atoms with Crippen molar-refractivity contribution in [1.82, 2.24) is 15.6 Å². The zero-order valence-corrected chi connectivity index (χ0v) is 18.1. The molecule has 150 valence electrons. The van der Waals surface area contributed by atoms with Crippen LogP contribution in [0.1, 0.15) is 16.3 Å². The Hall–Kier alpha value is -1.14. The highest BCUT2D eigenvalue weighted by molar-refractivity contribution is 14.0. The van der Waals surface area contributed by atoms with Crippen LogP contribution >= 0.6 is 46.9 Å². The molecule has 0 radical (unpaired) electrons. The van der Waals surface area contributed by atoms with Crippen LogP contribution in [0, 0.1) is 5.82 Å². The number of guanidine groups is 1. The van der Waals surface area contributed by atoms with E-state index in [1.807, 2.05) is 0 Å². The number of aliphatic imine (C=N–C) groups is 1. The van der Waals surface area contributed by atoms with E-state index >= 15 is 0 Å². The number of hydrogen-bond donors (Lipinski definition) is 2. The predicted molar refractivity (Wildman–Crippen MR) is 111 cm³/mol. The fourth-order valence-electron chi connectivity index (χ4n) is 2.14. The molecule has 0 spiro atoms. The average molecular weight is 537 g/mol. The highest BCUT2D eigenvalue weighted by Gasteiger charge is 2.33. The molecule has 2 rings (SSSR count). The lowest BCUT2D eigenvalue weighted by molar-refractivity contribution is -0.140. The summed E-state index contributed by atoms with van der Waals surface area (Å²) in [7, 11) is 1.57. The van der Waals surface area contributed by atoms with Gasteiger partial charge in [0.05, 0.1) is 5.01 Å². The smallest absolute Gasteiger partial charge is 0.356 e. The molecule has 0 bridgehead atoms. The Kier molecular flexibility index (Phi) is 9.74. The first-order chi connectivity index (χ1) is 12.3. The summed E-state index contributed by atoms with van der Waals surface area (Å²) < 4.78 is 51.2. The lowest BCUT2D eigenvalue weighted by atomic mass is 10.1. The summed E-state index contributed by atoms with van der Waals surface area (Å²) >= 11 is 6.93. The molecule has 1 aromatic heterocycles. The number of thiazole rings is 1. The van der Waals surface area contributed by atoms with Gasteiger partial charge in [0.2, 0.25) is 0 Å². The van der Waals surface area contributed by atoms with E-state index in [4.69, 9.17) is 11.6 Å². The van der Waals surface area contributed by atoms with Gasteiger partial charge >= 0.3 is 6.18 Å². The fourth-order valence-corrected chi connectivity index (χ4v) is 3.20. The van der Waals surface area contributed by atoms with Crippen molar-refractivity contribution < 1.29 is 17.6 Å². The molecule has 0 saturated heterocycles. The van der Waals surface area contributed by atoms with Crippen molar-refractivity contribution in [3.8, 4) is 0 Å². The van der Waals surface area contributed by atoms with E-state index in [9.17, 15) is 17.6 Å². The predicted octanol–water partition coefficient (Wildman–Crippen LogP) is 4.52. The number of alkyl halides is 3. The molecule has 0 unspecified atom stereocenters. The van der Waals surface area contributed by atoms with Gasteiger partial charge in [0.15, 0.2) is 11.7 Å². The first-order valence-corrected chi connectivity index (χ1v) is 8.96. The molecule has 0 saturated carbocycles. The summed E-state index contributed by atoms with van der Waals surface area (Å²) in [6, 6.07) is 4.51. The molecule has 1 aromatic carbocycles. The van der Waals surface area contributed by atoms with E-state index in [1.54, 1.807) is 13.1 Å². The van der Waals surface area contributed by atoms with E-state index in [-0.39, 0.29) is 29.8 Å². The first-order valence-electron chi connectivity index (χ1n) is 7.70. The van der Waals surface area contributed by atoms with Crippen LogP contribution < -0.4 is 10.6 Å². The molecule has 0 aliphatic heterocycles. The minimum atomic E-state index is -4.42. The van der Waals surface area contributed by atoms with Crippen molar-refractivity contribution >= 4 is 52.9 Å². The second kappa shape index (κ2) is 11.0. The Morgan fingerprint density at radius 1 is 1.22 bits per heavy atom. The van der Waals surface area contributed by atoms with Crippen LogP contribution in [0.25, 0.3) is 0 Å². The summed E-state index contributed by atoms with van der Waals surface area (Å²) in [6.07, 6.45) is -3.72. The maximum Gasteiger partial charge on any atom is 0.434 e. The molecule has 0 fully saturated rings. The Morgan fingerprint density at radius 2 is 1.89 bits per heavy atom. The third-order valence-electron chi connectivity index (χ3n) is 3.43. The van der Waals surface area contributed by atoms with Gasteiger partial charge < -0.3 is 10.6 Å². The average Bonchev–Trinajstić information content (AvgIpc) is 3.05. The van der Waals surface area contributed by atoms with Crippen LogP contribution in [0.3, 0.4) is 0 Å². The summed E-state index contributed by atoms with van der Waals surface area (Å²) in [5, 5.41) is 7.73. The number of hydrogen-bond acceptors (Lipinski definition) is 3. The second-order valence-corrected chi connectivity index (χ2v) is 6.60. The van der Waals surface area contributed by atoms with Gasteiger partial charge in [-0.25, -0.2) is 9.37 Å². The minimum absolute atomic E-state index is 0. The second-order valence-electron chi connectivity index (χ2n) is 5.25. The number of rotatable bonds is 6. The van der Waals surface area contributed by atoms with Gasteiger partial charge in [0.1, 0.15) is 5.82 Å². The molecular formula is C16H18ClF4IN4S. The van der Waals surface area contributed by atoms with E-state index in [2.05, 4.69) is 20.6 Å².